The Morgan fingerprint density at radius 2 is 2.18 bits per heavy atom. The predicted octanol–water partition coefficient (Wildman–Crippen LogP) is 1.96. The van der Waals surface area contributed by atoms with Gasteiger partial charge in [-0.3, -0.25) is 4.79 Å². The summed E-state index contributed by atoms with van der Waals surface area (Å²) in [5.74, 6) is -0.735. The van der Waals surface area contributed by atoms with Gasteiger partial charge in [0.05, 0.1) is 12.7 Å². The van der Waals surface area contributed by atoms with Crippen LogP contribution in [0.15, 0.2) is 35.4 Å². The van der Waals surface area contributed by atoms with Crippen LogP contribution in [0.2, 0.25) is 0 Å². The molecule has 0 aliphatic carbocycles. The minimum absolute atomic E-state index is 0.164. The summed E-state index contributed by atoms with van der Waals surface area (Å²) in [6.45, 7) is 1.80. The van der Waals surface area contributed by atoms with E-state index in [1.807, 2.05) is 0 Å². The van der Waals surface area contributed by atoms with E-state index in [2.05, 4.69) is 10.0 Å². The average molecular weight is 235 g/mol. The van der Waals surface area contributed by atoms with Crippen LogP contribution in [0.3, 0.4) is 0 Å². The Hall–Kier alpha value is -2.04. The first kappa shape index (κ1) is 13.0. The Morgan fingerprint density at radius 1 is 1.53 bits per heavy atom. The summed E-state index contributed by atoms with van der Waals surface area (Å²) >= 11 is 0. The Morgan fingerprint density at radius 3 is 2.71 bits per heavy atom. The van der Waals surface area contributed by atoms with Crippen molar-refractivity contribution in [2.75, 3.05) is 6.61 Å². The molecule has 0 fully saturated rings. The quantitative estimate of drug-likeness (QED) is 0.365. The van der Waals surface area contributed by atoms with Gasteiger partial charge in [-0.2, -0.15) is 0 Å². The van der Waals surface area contributed by atoms with Gasteiger partial charge in [0.2, 0.25) is 0 Å². The molecule has 6 nitrogen and oxygen atoms in total. The van der Waals surface area contributed by atoms with Crippen molar-refractivity contribution in [3.05, 3.63) is 46.3 Å². The number of benzene rings is 1. The van der Waals surface area contributed by atoms with Gasteiger partial charge in [0.1, 0.15) is 0 Å². The summed E-state index contributed by atoms with van der Waals surface area (Å²) in [4.78, 5) is 14.1. The highest BCUT2D eigenvalue weighted by atomic mass is 16.5. The second-order valence-corrected chi connectivity index (χ2v) is 3.26. The number of aliphatic hydroxyl groups is 1. The zero-order chi connectivity index (χ0) is 12.7. The number of carbonyl (C=O) groups excluding carboxylic acids is 1. The molecule has 6 heteroatoms. The van der Waals surface area contributed by atoms with E-state index in [1.165, 1.54) is 0 Å². The van der Waals surface area contributed by atoms with Crippen molar-refractivity contribution >= 4 is 5.97 Å². The minimum Gasteiger partial charge on any atom is -0.466 e. The summed E-state index contributed by atoms with van der Waals surface area (Å²) in [5, 5.41) is 13.2. The fourth-order valence-corrected chi connectivity index (χ4v) is 1.35. The SMILES string of the molecule is CCOC(=O)C(N=[N+]=[N-])[C@H](O)c1ccccc1. The van der Waals surface area contributed by atoms with Crippen molar-refractivity contribution in [2.24, 2.45) is 5.11 Å². The van der Waals surface area contributed by atoms with Crippen LogP contribution in [0.25, 0.3) is 10.4 Å². The molecular weight excluding hydrogens is 222 g/mol. The number of aliphatic hydroxyl groups excluding tert-OH is 1. The highest BCUT2D eigenvalue weighted by Crippen LogP contribution is 2.20. The van der Waals surface area contributed by atoms with Crippen LogP contribution in [-0.4, -0.2) is 23.7 Å². The van der Waals surface area contributed by atoms with E-state index >= 15 is 0 Å². The van der Waals surface area contributed by atoms with E-state index in [0.717, 1.165) is 0 Å². The van der Waals surface area contributed by atoms with Gasteiger partial charge in [0.25, 0.3) is 0 Å². The van der Waals surface area contributed by atoms with Crippen molar-refractivity contribution in [1.29, 1.82) is 0 Å². The summed E-state index contributed by atoms with van der Waals surface area (Å²) in [5.41, 5.74) is 8.89. The van der Waals surface area contributed by atoms with Crippen LogP contribution < -0.4 is 0 Å². The highest BCUT2D eigenvalue weighted by Gasteiger charge is 2.28. The predicted molar refractivity (Wildman–Crippen MR) is 61.0 cm³/mol. The van der Waals surface area contributed by atoms with E-state index < -0.39 is 18.1 Å². The van der Waals surface area contributed by atoms with E-state index in [4.69, 9.17) is 10.3 Å². The summed E-state index contributed by atoms with van der Waals surface area (Å²) in [7, 11) is 0. The van der Waals surface area contributed by atoms with Crippen LogP contribution in [0.5, 0.6) is 0 Å². The molecule has 0 saturated carbocycles. The van der Waals surface area contributed by atoms with Crippen LogP contribution in [0.1, 0.15) is 18.6 Å². The lowest BCUT2D eigenvalue weighted by atomic mass is 10.0. The van der Waals surface area contributed by atoms with Gasteiger partial charge in [-0.1, -0.05) is 35.4 Å². The van der Waals surface area contributed by atoms with Crippen LogP contribution in [0, 0.1) is 0 Å². The molecule has 0 aromatic heterocycles. The summed E-state index contributed by atoms with van der Waals surface area (Å²) in [6, 6.07) is 7.24. The van der Waals surface area contributed by atoms with Gasteiger partial charge in [0.15, 0.2) is 6.04 Å². The molecule has 90 valence electrons. The maximum absolute atomic E-state index is 11.5. The lowest BCUT2D eigenvalue weighted by Gasteiger charge is -2.17. The van der Waals surface area contributed by atoms with Gasteiger partial charge >= 0.3 is 5.97 Å². The lowest BCUT2D eigenvalue weighted by Crippen LogP contribution is -2.28. The number of azide groups is 1. The number of nitrogens with zero attached hydrogens (tertiary/aromatic N) is 3. The van der Waals surface area contributed by atoms with E-state index in [1.54, 1.807) is 37.3 Å². The average Bonchev–Trinajstić information content (AvgIpc) is 2.36. The smallest absolute Gasteiger partial charge is 0.317 e. The van der Waals surface area contributed by atoms with E-state index in [-0.39, 0.29) is 6.61 Å². The molecule has 1 aromatic carbocycles. The molecule has 0 bridgehead atoms. The monoisotopic (exact) mass is 235 g/mol. The molecule has 0 radical (unpaired) electrons. The number of carbonyl (C=O) groups is 1. The van der Waals surface area contributed by atoms with Gasteiger partial charge in [-0.15, -0.1) is 0 Å². The summed E-state index contributed by atoms with van der Waals surface area (Å²) in [6.07, 6.45) is -1.20. The number of ether oxygens (including phenoxy) is 1. The molecule has 0 heterocycles. The molecule has 0 aliphatic heterocycles. The molecule has 1 N–H and O–H groups in total. The number of esters is 1. The maximum atomic E-state index is 11.5. The molecular formula is C11H13N3O3. The maximum Gasteiger partial charge on any atom is 0.317 e. The Balaban J connectivity index is 2.91. The third-order valence-corrected chi connectivity index (χ3v) is 2.14. The normalized spacial score (nSPS) is 13.3. The first-order valence-corrected chi connectivity index (χ1v) is 5.14. The largest absolute Gasteiger partial charge is 0.466 e. The molecule has 1 rings (SSSR count). The minimum atomic E-state index is -1.26. The standard InChI is InChI=1S/C11H13N3O3/c1-2-17-11(16)9(13-14-12)10(15)8-6-4-3-5-7-8/h3-7,9-10,15H,2H2,1H3/t9?,10-/m1/s1. The van der Waals surface area contributed by atoms with Crippen molar-refractivity contribution < 1.29 is 14.6 Å². The molecule has 1 unspecified atom stereocenters. The van der Waals surface area contributed by atoms with Crippen molar-refractivity contribution in [3.8, 4) is 0 Å². The van der Waals surface area contributed by atoms with E-state index in [0.29, 0.717) is 5.56 Å². The number of hydrogen-bond acceptors (Lipinski definition) is 4. The molecule has 0 spiro atoms. The molecule has 17 heavy (non-hydrogen) atoms. The Labute approximate surface area is 98.5 Å². The second-order valence-electron chi connectivity index (χ2n) is 3.26. The number of rotatable bonds is 5. The van der Waals surface area contributed by atoms with E-state index in [9.17, 15) is 9.90 Å². The van der Waals surface area contributed by atoms with Crippen molar-refractivity contribution in [1.82, 2.24) is 0 Å². The van der Waals surface area contributed by atoms with Gasteiger partial charge in [-0.25, -0.2) is 0 Å². The number of hydrogen-bond donors (Lipinski definition) is 1. The molecule has 1 aromatic rings. The lowest BCUT2D eigenvalue weighted by molar-refractivity contribution is -0.147. The Kier molecular flexibility index (Phi) is 5.00. The van der Waals surface area contributed by atoms with Gasteiger partial charge < -0.3 is 9.84 Å². The third-order valence-electron chi connectivity index (χ3n) is 2.14. The summed E-state index contributed by atoms with van der Waals surface area (Å²) < 4.78 is 4.74. The van der Waals surface area contributed by atoms with Crippen LogP contribution >= 0.6 is 0 Å². The highest BCUT2D eigenvalue weighted by molar-refractivity contribution is 5.77. The van der Waals surface area contributed by atoms with Crippen molar-refractivity contribution in [2.45, 2.75) is 19.1 Å². The molecule has 0 saturated heterocycles. The molecule has 0 amide bonds. The molecule has 0 aliphatic rings. The third kappa shape index (κ3) is 3.48. The fourth-order valence-electron chi connectivity index (χ4n) is 1.35. The topological polar surface area (TPSA) is 95.3 Å². The molecule has 2 atom stereocenters. The first-order chi connectivity index (χ1) is 8.20. The Bertz CT molecular complexity index is 415. The zero-order valence-electron chi connectivity index (χ0n) is 9.35. The fraction of sp³-hybridized carbons (Fsp3) is 0.364. The van der Waals surface area contributed by atoms with Gasteiger partial charge in [0, 0.05) is 4.91 Å². The second kappa shape index (κ2) is 6.52. The first-order valence-electron chi connectivity index (χ1n) is 5.14. The van der Waals surface area contributed by atoms with Crippen LogP contribution in [-0.2, 0) is 9.53 Å². The zero-order valence-corrected chi connectivity index (χ0v) is 9.35. The van der Waals surface area contributed by atoms with Crippen molar-refractivity contribution in [3.63, 3.8) is 0 Å². The van der Waals surface area contributed by atoms with Gasteiger partial charge in [-0.05, 0) is 18.0 Å². The van der Waals surface area contributed by atoms with Crippen LogP contribution in [0.4, 0.5) is 0 Å².